The molecule has 1 aliphatic heterocycles. The average molecular weight is 226 g/mol. The van der Waals surface area contributed by atoms with E-state index in [4.69, 9.17) is 0 Å². The summed E-state index contributed by atoms with van der Waals surface area (Å²) in [6, 6.07) is 0.553. The molecule has 4 heteroatoms. The highest BCUT2D eigenvalue weighted by Crippen LogP contribution is 2.44. The highest BCUT2D eigenvalue weighted by atomic mass is 32.2. The van der Waals surface area contributed by atoms with Crippen LogP contribution in [-0.4, -0.2) is 29.6 Å². The van der Waals surface area contributed by atoms with Crippen molar-refractivity contribution in [2.75, 3.05) is 11.6 Å². The minimum absolute atomic E-state index is 0.0640. The predicted octanol–water partition coefficient (Wildman–Crippen LogP) is 0.954. The molecule has 1 saturated heterocycles. The Labute approximate surface area is 94.8 Å². The molecule has 3 aliphatic rings. The third-order valence-corrected chi connectivity index (χ3v) is 5.04. The predicted molar refractivity (Wildman–Crippen MR) is 61.6 cm³/mol. The quantitative estimate of drug-likeness (QED) is 0.737. The van der Waals surface area contributed by atoms with Crippen molar-refractivity contribution in [3.8, 4) is 0 Å². The Kier molecular flexibility index (Phi) is 2.64. The molecule has 1 amide bonds. The molecule has 2 bridgehead atoms. The van der Waals surface area contributed by atoms with E-state index in [1.54, 1.807) is 0 Å². The first-order valence-electron chi connectivity index (χ1n) is 5.94. The van der Waals surface area contributed by atoms with Gasteiger partial charge in [-0.15, -0.1) is 11.8 Å². The topological polar surface area (TPSA) is 41.1 Å². The summed E-state index contributed by atoms with van der Waals surface area (Å²) in [6.45, 7) is 0. The first kappa shape index (κ1) is 9.97. The Morgan fingerprint density at radius 3 is 2.87 bits per heavy atom. The summed E-state index contributed by atoms with van der Waals surface area (Å²) in [5.41, 5.74) is 0. The lowest BCUT2D eigenvalue weighted by molar-refractivity contribution is -0.123. The number of carbonyl (C=O) groups is 1. The van der Waals surface area contributed by atoms with Crippen LogP contribution in [0.2, 0.25) is 0 Å². The van der Waals surface area contributed by atoms with Crippen LogP contribution in [0.1, 0.15) is 25.7 Å². The molecule has 1 heterocycles. The number of amides is 1. The first-order valence-corrected chi connectivity index (χ1v) is 7.10. The zero-order valence-electron chi connectivity index (χ0n) is 8.87. The van der Waals surface area contributed by atoms with E-state index in [9.17, 15) is 4.79 Å². The van der Waals surface area contributed by atoms with Crippen LogP contribution in [0.4, 0.5) is 0 Å². The van der Waals surface area contributed by atoms with E-state index in [1.807, 2.05) is 11.8 Å². The van der Waals surface area contributed by atoms with Gasteiger partial charge in [0.1, 0.15) is 0 Å². The number of rotatable bonds is 2. The van der Waals surface area contributed by atoms with Crippen LogP contribution in [0.3, 0.4) is 0 Å². The molecule has 2 aliphatic carbocycles. The Morgan fingerprint density at radius 2 is 2.27 bits per heavy atom. The number of hydrogen-bond donors (Lipinski definition) is 2. The van der Waals surface area contributed by atoms with Crippen LogP contribution in [0.5, 0.6) is 0 Å². The molecule has 2 saturated carbocycles. The fraction of sp³-hybridized carbons (Fsp3) is 0.909. The van der Waals surface area contributed by atoms with Crippen molar-refractivity contribution in [2.45, 2.75) is 37.8 Å². The van der Waals surface area contributed by atoms with E-state index < -0.39 is 0 Å². The molecule has 0 radical (unpaired) electrons. The smallest absolute Gasteiger partial charge is 0.238 e. The molecule has 4 atom stereocenters. The summed E-state index contributed by atoms with van der Waals surface area (Å²) in [7, 11) is 0. The van der Waals surface area contributed by atoms with Gasteiger partial charge in [0.05, 0.1) is 6.04 Å². The molecule has 2 N–H and O–H groups in total. The van der Waals surface area contributed by atoms with Gasteiger partial charge in [-0.05, 0) is 31.1 Å². The monoisotopic (exact) mass is 226 g/mol. The molecule has 3 rings (SSSR count). The fourth-order valence-electron chi connectivity index (χ4n) is 3.27. The van der Waals surface area contributed by atoms with E-state index in [0.29, 0.717) is 6.04 Å². The molecule has 0 aromatic rings. The minimum atomic E-state index is 0.0640. The second-order valence-electron chi connectivity index (χ2n) is 5.06. The molecule has 84 valence electrons. The standard InChI is InChI=1S/C11H18N2OS/c14-11(10-5-15-6-12-10)13-9-4-7-1-2-8(9)3-7/h7-10,12H,1-6H2,(H,13,14). The fourth-order valence-corrected chi connectivity index (χ4v) is 4.21. The van der Waals surface area contributed by atoms with Gasteiger partial charge in [0, 0.05) is 17.7 Å². The molecule has 0 spiro atoms. The molecular formula is C11H18N2OS. The molecule has 0 aromatic carbocycles. The summed E-state index contributed by atoms with van der Waals surface area (Å²) in [5.74, 6) is 3.79. The van der Waals surface area contributed by atoms with Gasteiger partial charge in [-0.25, -0.2) is 0 Å². The normalized spacial score (nSPS) is 43.5. The lowest BCUT2D eigenvalue weighted by Crippen LogP contribution is -2.47. The Balaban J connectivity index is 1.54. The largest absolute Gasteiger partial charge is 0.352 e. The summed E-state index contributed by atoms with van der Waals surface area (Å²) < 4.78 is 0. The van der Waals surface area contributed by atoms with Crippen LogP contribution in [0.25, 0.3) is 0 Å². The highest BCUT2D eigenvalue weighted by Gasteiger charge is 2.40. The van der Waals surface area contributed by atoms with Gasteiger partial charge in [0.2, 0.25) is 5.91 Å². The summed E-state index contributed by atoms with van der Waals surface area (Å²) >= 11 is 1.81. The van der Waals surface area contributed by atoms with Crippen LogP contribution in [0.15, 0.2) is 0 Å². The van der Waals surface area contributed by atoms with Gasteiger partial charge in [-0.3, -0.25) is 10.1 Å². The van der Waals surface area contributed by atoms with Crippen molar-refractivity contribution >= 4 is 17.7 Å². The number of hydrogen-bond acceptors (Lipinski definition) is 3. The van der Waals surface area contributed by atoms with Crippen molar-refractivity contribution in [1.29, 1.82) is 0 Å². The highest BCUT2D eigenvalue weighted by molar-refractivity contribution is 7.99. The van der Waals surface area contributed by atoms with E-state index in [2.05, 4.69) is 10.6 Å². The SMILES string of the molecule is O=C(NC1CC2CCC1C2)C1CSCN1. The number of nitrogens with one attached hydrogen (secondary N) is 2. The van der Waals surface area contributed by atoms with Gasteiger partial charge in [0.25, 0.3) is 0 Å². The maximum absolute atomic E-state index is 11.9. The summed E-state index contributed by atoms with van der Waals surface area (Å²) in [4.78, 5) is 11.9. The minimum Gasteiger partial charge on any atom is -0.352 e. The average Bonchev–Trinajstić information content (AvgIpc) is 2.95. The Hall–Kier alpha value is -0.220. The van der Waals surface area contributed by atoms with Gasteiger partial charge in [-0.1, -0.05) is 6.42 Å². The van der Waals surface area contributed by atoms with Crippen LogP contribution in [0, 0.1) is 11.8 Å². The second-order valence-corrected chi connectivity index (χ2v) is 6.09. The van der Waals surface area contributed by atoms with Crippen molar-refractivity contribution in [3.63, 3.8) is 0 Å². The van der Waals surface area contributed by atoms with Crippen LogP contribution in [-0.2, 0) is 4.79 Å². The van der Waals surface area contributed by atoms with Crippen molar-refractivity contribution < 1.29 is 4.79 Å². The van der Waals surface area contributed by atoms with E-state index >= 15 is 0 Å². The zero-order chi connectivity index (χ0) is 10.3. The van der Waals surface area contributed by atoms with Crippen LogP contribution >= 0.6 is 11.8 Å². The maximum atomic E-state index is 11.9. The summed E-state index contributed by atoms with van der Waals surface area (Å²) in [5, 5.41) is 6.46. The Bertz CT molecular complexity index is 265. The molecule has 3 fully saturated rings. The number of fused-ring (bicyclic) bond motifs is 2. The summed E-state index contributed by atoms with van der Waals surface area (Å²) in [6.07, 6.45) is 5.32. The first-order chi connectivity index (χ1) is 7.33. The number of carbonyl (C=O) groups excluding carboxylic acids is 1. The molecule has 4 unspecified atom stereocenters. The second kappa shape index (κ2) is 3.98. The zero-order valence-corrected chi connectivity index (χ0v) is 9.69. The van der Waals surface area contributed by atoms with Crippen molar-refractivity contribution in [1.82, 2.24) is 10.6 Å². The lowest BCUT2D eigenvalue weighted by atomic mass is 9.95. The van der Waals surface area contributed by atoms with Crippen LogP contribution < -0.4 is 10.6 Å². The van der Waals surface area contributed by atoms with Gasteiger partial charge in [0.15, 0.2) is 0 Å². The molecular weight excluding hydrogens is 208 g/mol. The lowest BCUT2D eigenvalue weighted by Gasteiger charge is -2.24. The molecule has 15 heavy (non-hydrogen) atoms. The van der Waals surface area contributed by atoms with Crippen molar-refractivity contribution in [2.24, 2.45) is 11.8 Å². The third kappa shape index (κ3) is 1.89. The number of thioether (sulfide) groups is 1. The van der Waals surface area contributed by atoms with Gasteiger partial charge < -0.3 is 5.32 Å². The van der Waals surface area contributed by atoms with E-state index in [-0.39, 0.29) is 11.9 Å². The Morgan fingerprint density at radius 1 is 1.33 bits per heavy atom. The van der Waals surface area contributed by atoms with Crippen molar-refractivity contribution in [3.05, 3.63) is 0 Å². The third-order valence-electron chi connectivity index (χ3n) is 4.10. The maximum Gasteiger partial charge on any atom is 0.238 e. The molecule has 3 nitrogen and oxygen atoms in total. The van der Waals surface area contributed by atoms with E-state index in [1.165, 1.54) is 25.7 Å². The molecule has 0 aromatic heterocycles. The van der Waals surface area contributed by atoms with E-state index in [0.717, 1.165) is 23.5 Å². The van der Waals surface area contributed by atoms with Gasteiger partial charge >= 0.3 is 0 Å². The van der Waals surface area contributed by atoms with Gasteiger partial charge in [-0.2, -0.15) is 0 Å².